The minimum atomic E-state index is -4.05. The molecular weight excluding hydrogens is 430 g/mol. The summed E-state index contributed by atoms with van der Waals surface area (Å²) < 4.78 is 38.3. The SMILES string of the molecule is COc1ccccc1/C=N\NC(=O)CN(c1ccccc1OC)S(=O)(=O)c1ccccc1. The maximum atomic E-state index is 13.4. The molecule has 0 heterocycles. The van der Waals surface area contributed by atoms with E-state index in [0.29, 0.717) is 17.1 Å². The first kappa shape index (κ1) is 22.8. The first-order chi connectivity index (χ1) is 15.5. The fourth-order valence-corrected chi connectivity index (χ4v) is 4.42. The van der Waals surface area contributed by atoms with Gasteiger partial charge in [-0.1, -0.05) is 42.5 Å². The van der Waals surface area contributed by atoms with Crippen molar-refractivity contribution in [1.29, 1.82) is 0 Å². The van der Waals surface area contributed by atoms with Crippen LogP contribution in [0, 0.1) is 0 Å². The molecule has 0 radical (unpaired) electrons. The summed E-state index contributed by atoms with van der Waals surface area (Å²) in [5.74, 6) is 0.284. The van der Waals surface area contributed by atoms with E-state index in [9.17, 15) is 13.2 Å². The van der Waals surface area contributed by atoms with Gasteiger partial charge in [0.25, 0.3) is 15.9 Å². The van der Waals surface area contributed by atoms with Crippen molar-refractivity contribution in [2.24, 2.45) is 5.10 Å². The van der Waals surface area contributed by atoms with Crippen molar-refractivity contribution < 1.29 is 22.7 Å². The Bertz CT molecular complexity index is 1200. The number of para-hydroxylation sites is 3. The molecule has 166 valence electrons. The van der Waals surface area contributed by atoms with Crippen molar-refractivity contribution in [3.8, 4) is 11.5 Å². The molecule has 3 aromatic rings. The molecule has 0 fully saturated rings. The molecule has 1 N–H and O–H groups in total. The monoisotopic (exact) mass is 453 g/mol. The molecule has 0 aliphatic rings. The van der Waals surface area contributed by atoms with Crippen molar-refractivity contribution in [2.75, 3.05) is 25.1 Å². The summed E-state index contributed by atoms with van der Waals surface area (Å²) in [5, 5.41) is 3.94. The number of methoxy groups -OCH3 is 2. The summed E-state index contributed by atoms with van der Waals surface area (Å²) >= 11 is 0. The van der Waals surface area contributed by atoms with Crippen LogP contribution in [-0.2, 0) is 14.8 Å². The molecule has 3 rings (SSSR count). The fourth-order valence-electron chi connectivity index (χ4n) is 2.97. The Balaban J connectivity index is 1.87. The molecule has 9 heteroatoms. The first-order valence-corrected chi connectivity index (χ1v) is 11.1. The van der Waals surface area contributed by atoms with E-state index >= 15 is 0 Å². The van der Waals surface area contributed by atoms with E-state index in [-0.39, 0.29) is 10.6 Å². The van der Waals surface area contributed by atoms with Gasteiger partial charge in [-0.2, -0.15) is 5.10 Å². The smallest absolute Gasteiger partial charge is 0.264 e. The molecule has 0 unspecified atom stereocenters. The van der Waals surface area contributed by atoms with Crippen LogP contribution >= 0.6 is 0 Å². The van der Waals surface area contributed by atoms with E-state index in [1.54, 1.807) is 54.6 Å². The second-order valence-electron chi connectivity index (χ2n) is 6.53. The van der Waals surface area contributed by atoms with Crippen LogP contribution in [0.15, 0.2) is 88.9 Å². The second kappa shape index (κ2) is 10.5. The molecular formula is C23H23N3O5S. The molecule has 32 heavy (non-hydrogen) atoms. The summed E-state index contributed by atoms with van der Waals surface area (Å²) in [6, 6.07) is 21.6. The zero-order chi connectivity index (χ0) is 23.0. The Morgan fingerprint density at radius 2 is 1.50 bits per heavy atom. The van der Waals surface area contributed by atoms with Crippen molar-refractivity contribution in [3.63, 3.8) is 0 Å². The zero-order valence-electron chi connectivity index (χ0n) is 17.6. The van der Waals surface area contributed by atoms with Crippen molar-refractivity contribution in [3.05, 3.63) is 84.4 Å². The summed E-state index contributed by atoms with van der Waals surface area (Å²) in [4.78, 5) is 12.7. The number of carbonyl (C=O) groups excluding carboxylic acids is 1. The highest BCUT2D eigenvalue weighted by atomic mass is 32.2. The summed E-state index contributed by atoms with van der Waals surface area (Å²) in [6.45, 7) is -0.499. The number of amides is 1. The maximum Gasteiger partial charge on any atom is 0.264 e. The van der Waals surface area contributed by atoms with Gasteiger partial charge in [0.2, 0.25) is 0 Å². The lowest BCUT2D eigenvalue weighted by Gasteiger charge is -2.25. The predicted molar refractivity (Wildman–Crippen MR) is 123 cm³/mol. The molecule has 0 aliphatic carbocycles. The van der Waals surface area contributed by atoms with Crippen LogP contribution in [-0.4, -0.2) is 41.3 Å². The molecule has 0 saturated carbocycles. The topological polar surface area (TPSA) is 97.3 Å². The third-order valence-corrected chi connectivity index (χ3v) is 6.28. The van der Waals surface area contributed by atoms with Gasteiger partial charge in [0, 0.05) is 5.56 Å². The largest absolute Gasteiger partial charge is 0.496 e. The Morgan fingerprint density at radius 3 is 2.19 bits per heavy atom. The molecule has 0 aliphatic heterocycles. The van der Waals surface area contributed by atoms with Gasteiger partial charge in [-0.15, -0.1) is 0 Å². The number of carbonyl (C=O) groups is 1. The lowest BCUT2D eigenvalue weighted by atomic mass is 10.2. The number of hydrazone groups is 1. The maximum absolute atomic E-state index is 13.4. The minimum absolute atomic E-state index is 0.0521. The highest BCUT2D eigenvalue weighted by Crippen LogP contribution is 2.32. The summed E-state index contributed by atoms with van der Waals surface area (Å²) in [5.41, 5.74) is 3.27. The van der Waals surface area contributed by atoms with Gasteiger partial charge in [-0.05, 0) is 36.4 Å². The van der Waals surface area contributed by atoms with E-state index in [4.69, 9.17) is 9.47 Å². The van der Waals surface area contributed by atoms with Crippen molar-refractivity contribution >= 4 is 27.8 Å². The number of nitrogens with zero attached hydrogens (tertiary/aromatic N) is 2. The van der Waals surface area contributed by atoms with Crippen LogP contribution in [0.1, 0.15) is 5.56 Å². The molecule has 0 atom stereocenters. The van der Waals surface area contributed by atoms with Crippen LogP contribution in [0.3, 0.4) is 0 Å². The summed E-state index contributed by atoms with van der Waals surface area (Å²) in [6.07, 6.45) is 1.43. The summed E-state index contributed by atoms with van der Waals surface area (Å²) in [7, 11) is -1.08. The molecule has 0 aromatic heterocycles. The van der Waals surface area contributed by atoms with Crippen LogP contribution < -0.4 is 19.2 Å². The Kier molecular flexibility index (Phi) is 7.45. The lowest BCUT2D eigenvalue weighted by molar-refractivity contribution is -0.119. The van der Waals surface area contributed by atoms with Crippen molar-refractivity contribution in [1.82, 2.24) is 5.43 Å². The number of rotatable bonds is 9. The fraction of sp³-hybridized carbons (Fsp3) is 0.130. The van der Waals surface area contributed by atoms with Gasteiger partial charge in [-0.3, -0.25) is 9.10 Å². The third kappa shape index (κ3) is 5.25. The Morgan fingerprint density at radius 1 is 0.906 bits per heavy atom. The van der Waals surface area contributed by atoms with Gasteiger partial charge >= 0.3 is 0 Å². The molecule has 3 aromatic carbocycles. The third-order valence-electron chi connectivity index (χ3n) is 4.50. The average Bonchev–Trinajstić information content (AvgIpc) is 2.83. The lowest BCUT2D eigenvalue weighted by Crippen LogP contribution is -2.39. The van der Waals surface area contributed by atoms with E-state index < -0.39 is 22.5 Å². The number of anilines is 1. The number of nitrogens with one attached hydrogen (secondary N) is 1. The van der Waals surface area contributed by atoms with E-state index in [0.717, 1.165) is 4.31 Å². The predicted octanol–water partition coefficient (Wildman–Crippen LogP) is 3.05. The molecule has 1 amide bonds. The molecule has 8 nitrogen and oxygen atoms in total. The standard InChI is InChI=1S/C23H23N3O5S/c1-30-21-14-8-6-10-18(21)16-24-25-23(27)17-26(20-13-7-9-15-22(20)31-2)32(28,29)19-11-4-3-5-12-19/h3-16H,17H2,1-2H3,(H,25,27)/b24-16-. The highest BCUT2D eigenvalue weighted by molar-refractivity contribution is 7.92. The Labute approximate surface area is 187 Å². The van der Waals surface area contributed by atoms with Gasteiger partial charge in [0.15, 0.2) is 0 Å². The number of benzene rings is 3. The van der Waals surface area contributed by atoms with Gasteiger partial charge < -0.3 is 9.47 Å². The normalized spacial score (nSPS) is 11.2. The van der Waals surface area contributed by atoms with E-state index in [2.05, 4.69) is 10.5 Å². The van der Waals surface area contributed by atoms with Gasteiger partial charge in [0.05, 0.1) is 31.0 Å². The number of sulfonamides is 1. The quantitative estimate of drug-likeness (QED) is 0.397. The zero-order valence-corrected chi connectivity index (χ0v) is 18.5. The molecule has 0 bridgehead atoms. The second-order valence-corrected chi connectivity index (χ2v) is 8.39. The van der Waals surface area contributed by atoms with Crippen LogP contribution in [0.2, 0.25) is 0 Å². The van der Waals surface area contributed by atoms with Crippen LogP contribution in [0.4, 0.5) is 5.69 Å². The van der Waals surface area contributed by atoms with E-state index in [1.807, 2.05) is 12.1 Å². The van der Waals surface area contributed by atoms with E-state index in [1.165, 1.54) is 32.6 Å². The molecule has 0 spiro atoms. The van der Waals surface area contributed by atoms with Gasteiger partial charge in [0.1, 0.15) is 18.0 Å². The first-order valence-electron chi connectivity index (χ1n) is 9.63. The van der Waals surface area contributed by atoms with Crippen LogP contribution in [0.25, 0.3) is 0 Å². The molecule has 0 saturated heterocycles. The number of ether oxygens (including phenoxy) is 2. The van der Waals surface area contributed by atoms with Crippen LogP contribution in [0.5, 0.6) is 11.5 Å². The number of hydrogen-bond acceptors (Lipinski definition) is 6. The van der Waals surface area contributed by atoms with Crippen molar-refractivity contribution in [2.45, 2.75) is 4.90 Å². The highest BCUT2D eigenvalue weighted by Gasteiger charge is 2.29. The average molecular weight is 454 g/mol. The van der Waals surface area contributed by atoms with Gasteiger partial charge in [-0.25, -0.2) is 13.8 Å². The minimum Gasteiger partial charge on any atom is -0.496 e. The Hall–Kier alpha value is -3.85. The number of hydrogen-bond donors (Lipinski definition) is 1.